The Bertz CT molecular complexity index is 895. The summed E-state index contributed by atoms with van der Waals surface area (Å²) in [4.78, 5) is 20.2. The van der Waals surface area contributed by atoms with E-state index in [4.69, 9.17) is 20.3 Å². The van der Waals surface area contributed by atoms with Gasteiger partial charge < -0.3 is 36.3 Å². The number of fused-ring (bicyclic) bond motifs is 1. The summed E-state index contributed by atoms with van der Waals surface area (Å²) in [5, 5.41) is 18.6. The number of aromatic nitrogens is 2. The van der Waals surface area contributed by atoms with Crippen LogP contribution in [0.4, 0.5) is 23.1 Å². The molecule has 0 radical (unpaired) electrons. The van der Waals surface area contributed by atoms with Gasteiger partial charge in [-0.15, -0.1) is 0 Å². The number of carbonyl (C=O) groups is 1. The van der Waals surface area contributed by atoms with Crippen molar-refractivity contribution >= 4 is 42.5 Å². The number of amides is 1. The topological polar surface area (TPSA) is 144 Å². The van der Waals surface area contributed by atoms with Gasteiger partial charge in [0.15, 0.2) is 0 Å². The first kappa shape index (κ1) is 21.9. The van der Waals surface area contributed by atoms with Crippen LogP contribution in [0.1, 0.15) is 23.2 Å². The number of aliphatic hydroxyl groups is 1. The molecular weight excluding hydrogens is 408 g/mol. The van der Waals surface area contributed by atoms with Crippen molar-refractivity contribution in [2.75, 3.05) is 42.3 Å². The Kier molecular flexibility index (Phi) is 7.19. The smallest absolute Gasteiger partial charge is 0.254 e. The highest BCUT2D eigenvalue weighted by Gasteiger charge is 2.24. The second-order valence-corrected chi connectivity index (χ2v) is 6.98. The van der Waals surface area contributed by atoms with Crippen LogP contribution in [0.3, 0.4) is 0 Å². The highest BCUT2D eigenvalue weighted by atomic mass is 32.1. The molecule has 1 aliphatic carbocycles. The van der Waals surface area contributed by atoms with Gasteiger partial charge in [-0.05, 0) is 31.0 Å². The van der Waals surface area contributed by atoms with Crippen molar-refractivity contribution < 1.29 is 19.4 Å². The van der Waals surface area contributed by atoms with Crippen molar-refractivity contribution in [2.45, 2.75) is 25.0 Å². The third-order valence-corrected chi connectivity index (χ3v) is 4.60. The molecule has 1 aromatic carbocycles. The number of rotatable bonds is 8. The van der Waals surface area contributed by atoms with Crippen LogP contribution in [0.15, 0.2) is 24.4 Å². The Hall–Kier alpha value is -2.76. The van der Waals surface area contributed by atoms with Gasteiger partial charge in [0.2, 0.25) is 5.95 Å². The number of hydrogen-bond acceptors (Lipinski definition) is 9. The maximum Gasteiger partial charge on any atom is 0.254 e. The standard InChI is InChI=1S/C19H24N6O4.H2S/c20-17(27)14-9-22-19(25-18(14)23-11-1-2-11)24-12-3-4-16-15(7-12)21-8-13(10-29-16)28-6-5-26;/h3-4,7,9,11,13,21,26H,1-2,5-6,8,10H2,(H2,20,27)(H2,22,23,24,25);1H2/t13-;/m0./s1. The van der Waals surface area contributed by atoms with Gasteiger partial charge >= 0.3 is 0 Å². The SMILES string of the molecule is NC(=O)c1cnc(Nc2ccc3c(c2)NC[C@H](OCCO)CO3)nc1NC1CC1.S. The van der Waals surface area contributed by atoms with E-state index in [1.165, 1.54) is 6.20 Å². The van der Waals surface area contributed by atoms with Gasteiger partial charge in [0.25, 0.3) is 5.91 Å². The summed E-state index contributed by atoms with van der Waals surface area (Å²) in [6.45, 7) is 1.22. The third kappa shape index (κ3) is 5.43. The van der Waals surface area contributed by atoms with E-state index in [-0.39, 0.29) is 38.4 Å². The predicted molar refractivity (Wildman–Crippen MR) is 118 cm³/mol. The predicted octanol–water partition coefficient (Wildman–Crippen LogP) is 1.19. The molecule has 0 bridgehead atoms. The number of nitrogens with zero attached hydrogens (tertiary/aromatic N) is 2. The van der Waals surface area contributed by atoms with E-state index >= 15 is 0 Å². The first-order valence-electron chi connectivity index (χ1n) is 9.56. The average molecular weight is 435 g/mol. The number of ether oxygens (including phenoxy) is 2. The van der Waals surface area contributed by atoms with Crippen LogP contribution in [0.25, 0.3) is 0 Å². The van der Waals surface area contributed by atoms with Crippen LogP contribution in [0, 0.1) is 0 Å². The van der Waals surface area contributed by atoms with Crippen LogP contribution in [0.2, 0.25) is 0 Å². The molecule has 1 aromatic heterocycles. The van der Waals surface area contributed by atoms with E-state index in [0.717, 1.165) is 24.2 Å². The Morgan fingerprint density at radius 2 is 2.23 bits per heavy atom. The normalized spacial score (nSPS) is 17.4. The maximum atomic E-state index is 11.6. The minimum atomic E-state index is -0.566. The van der Waals surface area contributed by atoms with E-state index in [2.05, 4.69) is 25.9 Å². The molecule has 1 aliphatic heterocycles. The van der Waals surface area contributed by atoms with Crippen molar-refractivity contribution in [3.05, 3.63) is 30.0 Å². The number of nitrogens with two attached hydrogens (primary N) is 1. The molecule has 1 fully saturated rings. The Balaban J connectivity index is 0.00000256. The molecule has 10 nitrogen and oxygen atoms in total. The van der Waals surface area contributed by atoms with E-state index in [0.29, 0.717) is 36.7 Å². The van der Waals surface area contributed by atoms with Crippen LogP contribution in [-0.4, -0.2) is 59.5 Å². The molecule has 2 aliphatic rings. The monoisotopic (exact) mass is 434 g/mol. The largest absolute Gasteiger partial charge is 0.489 e. The number of aliphatic hydroxyl groups excluding tert-OH is 1. The fraction of sp³-hybridized carbons (Fsp3) is 0.421. The van der Waals surface area contributed by atoms with Crippen LogP contribution >= 0.6 is 13.5 Å². The lowest BCUT2D eigenvalue weighted by atomic mass is 10.2. The van der Waals surface area contributed by atoms with Crippen molar-refractivity contribution in [1.82, 2.24) is 9.97 Å². The molecule has 11 heteroatoms. The second-order valence-electron chi connectivity index (χ2n) is 6.98. The quantitative estimate of drug-likeness (QED) is 0.414. The number of carbonyl (C=O) groups excluding carboxylic acids is 1. The maximum absolute atomic E-state index is 11.6. The summed E-state index contributed by atoms with van der Waals surface area (Å²) < 4.78 is 11.3. The molecular formula is C19H26N6O4S. The fourth-order valence-corrected chi connectivity index (χ4v) is 2.95. The van der Waals surface area contributed by atoms with Gasteiger partial charge in [0, 0.05) is 24.5 Å². The molecule has 6 N–H and O–H groups in total. The van der Waals surface area contributed by atoms with Crippen LogP contribution in [-0.2, 0) is 4.74 Å². The molecule has 0 unspecified atom stereocenters. The molecule has 0 spiro atoms. The summed E-state index contributed by atoms with van der Waals surface area (Å²) >= 11 is 0. The van der Waals surface area contributed by atoms with Gasteiger partial charge in [-0.3, -0.25) is 4.79 Å². The first-order chi connectivity index (χ1) is 14.1. The molecule has 2 aromatic rings. The summed E-state index contributed by atoms with van der Waals surface area (Å²) in [5.74, 6) is 0.949. The molecule has 2 heterocycles. The zero-order chi connectivity index (χ0) is 20.2. The molecule has 1 saturated carbocycles. The van der Waals surface area contributed by atoms with Gasteiger partial charge in [-0.1, -0.05) is 0 Å². The van der Waals surface area contributed by atoms with Crippen molar-refractivity contribution in [3.8, 4) is 5.75 Å². The summed E-state index contributed by atoms with van der Waals surface area (Å²) in [6, 6.07) is 5.92. The van der Waals surface area contributed by atoms with Crippen molar-refractivity contribution in [2.24, 2.45) is 5.73 Å². The third-order valence-electron chi connectivity index (χ3n) is 4.60. The molecule has 162 valence electrons. The number of benzene rings is 1. The van der Waals surface area contributed by atoms with E-state index in [9.17, 15) is 4.79 Å². The minimum Gasteiger partial charge on any atom is -0.489 e. The van der Waals surface area contributed by atoms with Gasteiger partial charge in [-0.25, -0.2) is 4.98 Å². The Morgan fingerprint density at radius 3 is 2.97 bits per heavy atom. The van der Waals surface area contributed by atoms with Crippen molar-refractivity contribution in [1.29, 1.82) is 0 Å². The van der Waals surface area contributed by atoms with Gasteiger partial charge in [0.1, 0.15) is 24.3 Å². The lowest BCUT2D eigenvalue weighted by Crippen LogP contribution is -2.28. The molecule has 0 saturated heterocycles. The first-order valence-corrected chi connectivity index (χ1v) is 9.56. The number of anilines is 4. The van der Waals surface area contributed by atoms with Gasteiger partial charge in [-0.2, -0.15) is 18.5 Å². The lowest BCUT2D eigenvalue weighted by Gasteiger charge is -2.14. The molecule has 1 atom stereocenters. The summed E-state index contributed by atoms with van der Waals surface area (Å²) in [6.07, 6.45) is 3.37. The lowest BCUT2D eigenvalue weighted by molar-refractivity contribution is 0.0124. The number of hydrogen-bond donors (Lipinski definition) is 5. The van der Waals surface area contributed by atoms with Crippen molar-refractivity contribution in [3.63, 3.8) is 0 Å². The van der Waals surface area contributed by atoms with E-state index in [1.54, 1.807) is 0 Å². The highest BCUT2D eigenvalue weighted by Crippen LogP contribution is 2.31. The van der Waals surface area contributed by atoms with Crippen LogP contribution < -0.4 is 26.4 Å². The fourth-order valence-electron chi connectivity index (χ4n) is 2.95. The highest BCUT2D eigenvalue weighted by molar-refractivity contribution is 7.59. The van der Waals surface area contributed by atoms with Gasteiger partial charge in [0.05, 0.1) is 24.5 Å². The number of nitrogens with one attached hydrogen (secondary N) is 3. The van der Waals surface area contributed by atoms with Crippen LogP contribution in [0.5, 0.6) is 5.75 Å². The summed E-state index contributed by atoms with van der Waals surface area (Å²) in [5.41, 5.74) is 7.27. The van der Waals surface area contributed by atoms with E-state index < -0.39 is 5.91 Å². The average Bonchev–Trinajstić information content (AvgIpc) is 3.53. The number of primary amides is 1. The zero-order valence-corrected chi connectivity index (χ0v) is 17.4. The molecule has 1 amide bonds. The molecule has 4 rings (SSSR count). The van der Waals surface area contributed by atoms with E-state index in [1.807, 2.05) is 18.2 Å². The Morgan fingerprint density at radius 1 is 1.40 bits per heavy atom. The Labute approximate surface area is 181 Å². The summed E-state index contributed by atoms with van der Waals surface area (Å²) in [7, 11) is 0. The molecule has 30 heavy (non-hydrogen) atoms. The second kappa shape index (κ2) is 9.83. The minimum absolute atomic E-state index is 0. The zero-order valence-electron chi connectivity index (χ0n) is 16.4.